The van der Waals surface area contributed by atoms with Gasteiger partial charge in [-0.2, -0.15) is 0 Å². The van der Waals surface area contributed by atoms with E-state index in [-0.39, 0.29) is 11.6 Å². The third kappa shape index (κ3) is 4.30. The molecular weight excluding hydrogens is 417 g/mol. The first kappa shape index (κ1) is 21.1. The van der Waals surface area contributed by atoms with Crippen molar-refractivity contribution in [2.75, 3.05) is 36.4 Å². The molecule has 0 atom stereocenters. The molecule has 1 fully saturated rings. The maximum atomic E-state index is 13.1. The molecule has 4 heterocycles. The van der Waals surface area contributed by atoms with E-state index in [0.29, 0.717) is 11.5 Å². The number of aromatic amines is 1. The van der Waals surface area contributed by atoms with Gasteiger partial charge in [-0.05, 0) is 31.1 Å². The molecule has 9 nitrogen and oxygen atoms in total. The van der Waals surface area contributed by atoms with E-state index in [0.717, 1.165) is 48.3 Å². The van der Waals surface area contributed by atoms with E-state index in [1.807, 2.05) is 41.3 Å². The predicted octanol–water partition coefficient (Wildman–Crippen LogP) is 2.50. The zero-order valence-electron chi connectivity index (χ0n) is 18.3. The summed E-state index contributed by atoms with van der Waals surface area (Å²) in [5, 5.41) is 13.8. The number of amides is 1. The molecule has 166 valence electrons. The van der Waals surface area contributed by atoms with Crippen LogP contribution in [0.4, 0.5) is 11.4 Å². The maximum absolute atomic E-state index is 13.1. The third-order valence-electron chi connectivity index (χ3n) is 5.95. The number of fused-ring (bicyclic) bond motifs is 1. The van der Waals surface area contributed by atoms with E-state index in [9.17, 15) is 9.82 Å². The monoisotopic (exact) mass is 441 g/mol. The van der Waals surface area contributed by atoms with Crippen LogP contribution < -0.4 is 10.2 Å². The number of pyridine rings is 1. The number of nitrogens with zero attached hydrogens (tertiary/aromatic N) is 5. The second-order valence-electron chi connectivity index (χ2n) is 8.01. The summed E-state index contributed by atoms with van der Waals surface area (Å²) in [5.74, 6) is 0.172. The first-order chi connectivity index (χ1) is 16.1. The first-order valence-corrected chi connectivity index (χ1v) is 10.9. The molecule has 0 bridgehead atoms. The minimum Gasteiger partial charge on any atom is -0.437 e. The molecule has 10 heteroatoms. The number of H-pyrrole nitrogens is 1. The average molecular weight is 441 g/mol. The highest BCUT2D eigenvalue weighted by molar-refractivity contribution is 6.45. The van der Waals surface area contributed by atoms with Crippen molar-refractivity contribution in [3.63, 3.8) is 0 Å². The Morgan fingerprint density at radius 3 is 2.79 bits per heavy atom. The van der Waals surface area contributed by atoms with Gasteiger partial charge < -0.3 is 25.0 Å². The minimum atomic E-state index is -0.465. The molecule has 0 unspecified atom stereocenters. The van der Waals surface area contributed by atoms with Gasteiger partial charge in [0.1, 0.15) is 5.69 Å². The van der Waals surface area contributed by atoms with E-state index in [2.05, 4.69) is 30.2 Å². The van der Waals surface area contributed by atoms with E-state index < -0.39 is 7.05 Å². The Balaban J connectivity index is 1.37. The largest absolute Gasteiger partial charge is 0.437 e. The van der Waals surface area contributed by atoms with E-state index in [4.69, 9.17) is 0 Å². The lowest BCUT2D eigenvalue weighted by Gasteiger charge is -2.37. The van der Waals surface area contributed by atoms with Gasteiger partial charge in [0, 0.05) is 61.2 Å². The van der Waals surface area contributed by atoms with Crippen molar-refractivity contribution in [3.05, 3.63) is 66.9 Å². The maximum Gasteiger partial charge on any atom is 0.376 e. The van der Waals surface area contributed by atoms with Crippen LogP contribution in [0, 0.1) is 0 Å². The molecular formula is C23H24BN7O2. The molecule has 33 heavy (non-hydrogen) atoms. The number of aromatic nitrogens is 4. The second-order valence-corrected chi connectivity index (χ2v) is 8.01. The van der Waals surface area contributed by atoms with Crippen LogP contribution in [0.25, 0.3) is 22.3 Å². The number of rotatable bonds is 5. The van der Waals surface area contributed by atoms with E-state index >= 15 is 0 Å². The van der Waals surface area contributed by atoms with Crippen LogP contribution in [0.3, 0.4) is 0 Å². The van der Waals surface area contributed by atoms with Crippen LogP contribution in [-0.4, -0.2) is 68.9 Å². The Hall–Kier alpha value is -3.76. The topological polar surface area (TPSA) is 110 Å². The smallest absolute Gasteiger partial charge is 0.376 e. The molecule has 1 aromatic carbocycles. The number of hydrogen-bond acceptors (Lipinski definition) is 7. The molecule has 1 aliphatic heterocycles. The summed E-state index contributed by atoms with van der Waals surface area (Å²) in [6.45, 7) is 4.76. The minimum absolute atomic E-state index is 0.279. The number of carbonyl (C=O) groups excluding carboxylic acids is 1. The standard InChI is InChI=1S/C23H24BN7O2/c1-24(33)31-13-11-30(12-14-31)21-7-8-25-15-20(21)29-23(32)19-6-10-27-22(28-19)17-3-2-4-18-16(17)5-9-26-18/h2-10,15,26,33H,11-14H2,1H3,(H,29,32). The lowest BCUT2D eigenvalue weighted by molar-refractivity contribution is 0.102. The molecule has 3 aromatic heterocycles. The summed E-state index contributed by atoms with van der Waals surface area (Å²) in [7, 11) is -0.465. The van der Waals surface area contributed by atoms with Crippen LogP contribution in [-0.2, 0) is 0 Å². The van der Waals surface area contributed by atoms with E-state index in [1.165, 1.54) is 0 Å². The van der Waals surface area contributed by atoms with Gasteiger partial charge in [0.05, 0.1) is 17.6 Å². The van der Waals surface area contributed by atoms with Gasteiger partial charge in [-0.25, -0.2) is 9.97 Å². The summed E-state index contributed by atoms with van der Waals surface area (Å²) in [5.41, 5.74) is 3.65. The van der Waals surface area contributed by atoms with Gasteiger partial charge in [0.15, 0.2) is 5.82 Å². The summed E-state index contributed by atoms with van der Waals surface area (Å²) in [6.07, 6.45) is 6.83. The van der Waals surface area contributed by atoms with Gasteiger partial charge >= 0.3 is 7.05 Å². The van der Waals surface area contributed by atoms with Crippen molar-refractivity contribution in [2.45, 2.75) is 6.82 Å². The number of hydrogen-bond donors (Lipinski definition) is 3. The fourth-order valence-corrected chi connectivity index (χ4v) is 4.18. The molecule has 5 rings (SSSR count). The van der Waals surface area contributed by atoms with Gasteiger partial charge in [0.25, 0.3) is 5.91 Å². The van der Waals surface area contributed by atoms with Crippen molar-refractivity contribution < 1.29 is 9.82 Å². The number of piperazine rings is 1. The lowest BCUT2D eigenvalue weighted by Crippen LogP contribution is -2.51. The number of benzene rings is 1. The fourth-order valence-electron chi connectivity index (χ4n) is 4.18. The molecule has 1 amide bonds. The first-order valence-electron chi connectivity index (χ1n) is 10.9. The normalized spacial score (nSPS) is 14.4. The Bertz CT molecular complexity index is 1280. The summed E-state index contributed by atoms with van der Waals surface area (Å²) >= 11 is 0. The highest BCUT2D eigenvalue weighted by Gasteiger charge is 2.24. The van der Waals surface area contributed by atoms with Gasteiger partial charge in [-0.1, -0.05) is 12.1 Å². The molecule has 4 aromatic rings. The highest BCUT2D eigenvalue weighted by atomic mass is 16.2. The zero-order valence-corrected chi connectivity index (χ0v) is 18.3. The average Bonchev–Trinajstić information content (AvgIpc) is 3.34. The third-order valence-corrected chi connectivity index (χ3v) is 5.95. The fraction of sp³-hybridized carbons (Fsp3) is 0.217. The Morgan fingerprint density at radius 1 is 1.12 bits per heavy atom. The molecule has 0 spiro atoms. The Labute approximate surface area is 191 Å². The summed E-state index contributed by atoms with van der Waals surface area (Å²) in [4.78, 5) is 33.6. The highest BCUT2D eigenvalue weighted by Crippen LogP contribution is 2.27. The SMILES string of the molecule is CB(O)N1CCN(c2ccncc2NC(=O)c2ccnc(-c3cccc4[nH]ccc34)n2)CC1. The number of carbonyl (C=O) groups is 1. The van der Waals surface area contributed by atoms with Crippen LogP contribution in [0.15, 0.2) is 61.2 Å². The Morgan fingerprint density at radius 2 is 1.97 bits per heavy atom. The van der Waals surface area contributed by atoms with Crippen LogP contribution in [0.5, 0.6) is 0 Å². The molecule has 1 saturated heterocycles. The molecule has 1 aliphatic rings. The Kier molecular flexibility index (Phi) is 5.76. The summed E-state index contributed by atoms with van der Waals surface area (Å²) < 4.78 is 0. The zero-order chi connectivity index (χ0) is 22.8. The van der Waals surface area contributed by atoms with E-state index in [1.54, 1.807) is 31.5 Å². The van der Waals surface area contributed by atoms with Crippen molar-refractivity contribution in [1.29, 1.82) is 0 Å². The van der Waals surface area contributed by atoms with Crippen molar-refractivity contribution >= 4 is 35.2 Å². The molecule has 0 radical (unpaired) electrons. The molecule has 0 saturated carbocycles. The lowest BCUT2D eigenvalue weighted by atomic mass is 9.84. The van der Waals surface area contributed by atoms with Crippen molar-refractivity contribution in [3.8, 4) is 11.4 Å². The van der Waals surface area contributed by atoms with Gasteiger partial charge in [-0.15, -0.1) is 0 Å². The van der Waals surface area contributed by atoms with Crippen molar-refractivity contribution in [2.24, 2.45) is 0 Å². The van der Waals surface area contributed by atoms with Crippen LogP contribution >= 0.6 is 0 Å². The van der Waals surface area contributed by atoms with Crippen molar-refractivity contribution in [1.82, 2.24) is 24.7 Å². The number of anilines is 2. The number of nitrogens with one attached hydrogen (secondary N) is 2. The van der Waals surface area contributed by atoms with Crippen LogP contribution in [0.1, 0.15) is 10.5 Å². The quantitative estimate of drug-likeness (QED) is 0.408. The molecule has 0 aliphatic carbocycles. The van der Waals surface area contributed by atoms with Gasteiger partial charge in [-0.3, -0.25) is 9.78 Å². The van der Waals surface area contributed by atoms with Crippen LogP contribution in [0.2, 0.25) is 6.82 Å². The van der Waals surface area contributed by atoms with Gasteiger partial charge in [0.2, 0.25) is 0 Å². The predicted molar refractivity (Wildman–Crippen MR) is 129 cm³/mol. The molecule has 3 N–H and O–H groups in total. The second kappa shape index (κ2) is 9.01. The summed E-state index contributed by atoms with van der Waals surface area (Å²) in [6, 6.07) is 11.3.